The van der Waals surface area contributed by atoms with Crippen molar-refractivity contribution in [3.63, 3.8) is 0 Å². The lowest BCUT2D eigenvalue weighted by atomic mass is 10.1. The lowest BCUT2D eigenvalue weighted by molar-refractivity contribution is -0.121. The Bertz CT molecular complexity index is 1070. The van der Waals surface area contributed by atoms with Crippen molar-refractivity contribution in [3.05, 3.63) is 71.4 Å². The number of carbonyl (C=O) groups excluding carboxylic acids is 1. The average Bonchev–Trinajstić information content (AvgIpc) is 3.04. The molecule has 0 saturated heterocycles. The van der Waals surface area contributed by atoms with Crippen LogP contribution >= 0.6 is 0 Å². The van der Waals surface area contributed by atoms with Gasteiger partial charge >= 0.3 is 0 Å². The number of nitrogens with zero attached hydrogens (tertiary/aromatic N) is 1. The third-order valence-corrected chi connectivity index (χ3v) is 5.82. The van der Waals surface area contributed by atoms with Gasteiger partial charge in [-0.15, -0.1) is 0 Å². The Kier molecular flexibility index (Phi) is 6.16. The maximum atomic E-state index is 12.3. The first-order chi connectivity index (χ1) is 13.3. The number of hydrogen-bond donors (Lipinski definition) is 2. The maximum absolute atomic E-state index is 12.3. The molecule has 1 heterocycles. The van der Waals surface area contributed by atoms with Crippen LogP contribution in [0.2, 0.25) is 0 Å². The smallest absolute Gasteiger partial charge is 0.235 e. The number of hydrogen-bond acceptors (Lipinski definition) is 3. The van der Waals surface area contributed by atoms with Crippen LogP contribution in [0.25, 0.3) is 10.9 Å². The number of carbonyl (C=O) groups is 1. The first-order valence-corrected chi connectivity index (χ1v) is 11.0. The molecule has 0 atom stereocenters. The molecule has 0 aliphatic heterocycles. The predicted molar refractivity (Wildman–Crippen MR) is 111 cm³/mol. The molecular weight excluding hydrogens is 374 g/mol. The molecule has 0 bridgehead atoms. The molecule has 0 radical (unpaired) electrons. The number of sulfonamides is 1. The fourth-order valence-corrected chi connectivity index (χ4v) is 3.93. The lowest BCUT2D eigenvalue weighted by Crippen LogP contribution is -2.40. The third kappa shape index (κ3) is 5.21. The molecule has 0 spiro atoms. The van der Waals surface area contributed by atoms with Gasteiger partial charge < -0.3 is 10.3 Å². The Morgan fingerprint density at radius 2 is 1.93 bits per heavy atom. The molecule has 0 aliphatic rings. The number of fused-ring (bicyclic) bond motifs is 1. The van der Waals surface area contributed by atoms with E-state index < -0.39 is 10.0 Å². The van der Waals surface area contributed by atoms with E-state index in [0.29, 0.717) is 13.0 Å². The highest BCUT2D eigenvalue weighted by Gasteiger charge is 2.20. The average molecular weight is 400 g/mol. The number of aryl methyl sites for hydroxylation is 1. The lowest BCUT2D eigenvalue weighted by Gasteiger charge is -2.20. The van der Waals surface area contributed by atoms with Gasteiger partial charge in [0, 0.05) is 30.2 Å². The van der Waals surface area contributed by atoms with Crippen LogP contribution in [0.4, 0.5) is 0 Å². The number of rotatable bonds is 8. The summed E-state index contributed by atoms with van der Waals surface area (Å²) in [6, 6.07) is 15.6. The van der Waals surface area contributed by atoms with Gasteiger partial charge in [-0.05, 0) is 30.5 Å². The topological polar surface area (TPSA) is 82.3 Å². The fraction of sp³-hybridized carbons (Fsp3) is 0.286. The van der Waals surface area contributed by atoms with Crippen molar-refractivity contribution in [3.8, 4) is 0 Å². The van der Waals surface area contributed by atoms with Gasteiger partial charge in [-0.3, -0.25) is 4.79 Å². The van der Waals surface area contributed by atoms with Crippen LogP contribution in [0.15, 0.2) is 54.7 Å². The summed E-state index contributed by atoms with van der Waals surface area (Å²) in [5.74, 6) is -0.307. The van der Waals surface area contributed by atoms with E-state index in [1.54, 1.807) is 0 Å². The largest absolute Gasteiger partial charge is 0.361 e. The molecule has 7 heteroatoms. The number of H-pyrrole nitrogens is 1. The number of amides is 1. The molecule has 0 saturated carbocycles. The Morgan fingerprint density at radius 1 is 1.14 bits per heavy atom. The van der Waals surface area contributed by atoms with Crippen molar-refractivity contribution in [2.75, 3.05) is 19.3 Å². The van der Waals surface area contributed by atoms with Gasteiger partial charge in [0.2, 0.25) is 15.9 Å². The zero-order valence-corrected chi connectivity index (χ0v) is 16.9. The zero-order chi connectivity index (χ0) is 20.1. The standard InChI is InChI=1S/C21H25N3O3S/c1-16-6-5-7-17(12-16)14-24(28(2,26)27)15-21(25)22-11-10-18-13-23-20-9-4-3-8-19(18)20/h3-9,12-13,23H,10-11,14-15H2,1-2H3,(H,22,25). The van der Waals surface area contributed by atoms with E-state index in [9.17, 15) is 13.2 Å². The minimum Gasteiger partial charge on any atom is -0.361 e. The first-order valence-electron chi connectivity index (χ1n) is 9.15. The van der Waals surface area contributed by atoms with Gasteiger partial charge in [0.25, 0.3) is 0 Å². The van der Waals surface area contributed by atoms with Crippen LogP contribution in [0.1, 0.15) is 16.7 Å². The number of benzene rings is 2. The second kappa shape index (κ2) is 8.58. The van der Waals surface area contributed by atoms with Crippen molar-refractivity contribution in [2.45, 2.75) is 19.9 Å². The fourth-order valence-electron chi connectivity index (χ4n) is 3.20. The second-order valence-electron chi connectivity index (χ2n) is 6.98. The van der Waals surface area contributed by atoms with Crippen molar-refractivity contribution in [1.82, 2.24) is 14.6 Å². The summed E-state index contributed by atoms with van der Waals surface area (Å²) in [6.07, 6.45) is 3.74. The maximum Gasteiger partial charge on any atom is 0.235 e. The summed E-state index contributed by atoms with van der Waals surface area (Å²) >= 11 is 0. The second-order valence-corrected chi connectivity index (χ2v) is 8.96. The monoisotopic (exact) mass is 399 g/mol. The molecule has 1 aromatic heterocycles. The number of aromatic amines is 1. The van der Waals surface area contributed by atoms with Gasteiger partial charge in [-0.1, -0.05) is 48.0 Å². The van der Waals surface area contributed by atoms with Crippen molar-refractivity contribution in [1.29, 1.82) is 0 Å². The minimum absolute atomic E-state index is 0.177. The van der Waals surface area contributed by atoms with Crippen molar-refractivity contribution in [2.24, 2.45) is 0 Å². The van der Waals surface area contributed by atoms with Gasteiger partial charge in [0.1, 0.15) is 0 Å². The van der Waals surface area contributed by atoms with Crippen LogP contribution < -0.4 is 5.32 Å². The molecule has 6 nitrogen and oxygen atoms in total. The van der Waals surface area contributed by atoms with E-state index in [4.69, 9.17) is 0 Å². The molecule has 148 valence electrons. The summed E-state index contributed by atoms with van der Waals surface area (Å²) in [5, 5.41) is 3.96. The molecule has 0 fully saturated rings. The molecule has 1 amide bonds. The van der Waals surface area contributed by atoms with E-state index in [-0.39, 0.29) is 19.0 Å². The van der Waals surface area contributed by atoms with Crippen LogP contribution in [-0.2, 0) is 27.8 Å². The molecule has 3 aromatic rings. The highest BCUT2D eigenvalue weighted by Crippen LogP contribution is 2.17. The van der Waals surface area contributed by atoms with E-state index in [1.165, 1.54) is 4.31 Å². The van der Waals surface area contributed by atoms with Gasteiger partial charge in [-0.2, -0.15) is 4.31 Å². The summed E-state index contributed by atoms with van der Waals surface area (Å²) in [6.45, 7) is 2.38. The molecule has 0 aliphatic carbocycles. The van der Waals surface area contributed by atoms with E-state index in [1.807, 2.05) is 61.7 Å². The van der Waals surface area contributed by atoms with Crippen LogP contribution in [0.3, 0.4) is 0 Å². The van der Waals surface area contributed by atoms with Crippen LogP contribution in [-0.4, -0.2) is 43.0 Å². The predicted octanol–water partition coefficient (Wildman–Crippen LogP) is 2.60. The van der Waals surface area contributed by atoms with Crippen molar-refractivity contribution >= 4 is 26.8 Å². The number of nitrogens with one attached hydrogen (secondary N) is 2. The summed E-state index contributed by atoms with van der Waals surface area (Å²) in [7, 11) is -3.50. The van der Waals surface area contributed by atoms with E-state index in [2.05, 4.69) is 10.3 Å². The van der Waals surface area contributed by atoms with Gasteiger partial charge in [-0.25, -0.2) is 8.42 Å². The normalized spacial score (nSPS) is 11.8. The van der Waals surface area contributed by atoms with Crippen LogP contribution in [0, 0.1) is 6.92 Å². The Morgan fingerprint density at radius 3 is 2.68 bits per heavy atom. The van der Waals surface area contributed by atoms with Gasteiger partial charge in [0.05, 0.1) is 12.8 Å². The quantitative estimate of drug-likeness (QED) is 0.611. The van der Waals surface area contributed by atoms with Crippen molar-refractivity contribution < 1.29 is 13.2 Å². The van der Waals surface area contributed by atoms with Gasteiger partial charge in [0.15, 0.2) is 0 Å². The summed E-state index contributed by atoms with van der Waals surface area (Å²) in [5.41, 5.74) is 4.09. The highest BCUT2D eigenvalue weighted by atomic mass is 32.2. The van der Waals surface area contributed by atoms with E-state index in [0.717, 1.165) is 33.8 Å². The Balaban J connectivity index is 1.58. The Hall–Kier alpha value is -2.64. The van der Waals surface area contributed by atoms with E-state index >= 15 is 0 Å². The molecule has 2 N–H and O–H groups in total. The SMILES string of the molecule is Cc1cccc(CN(CC(=O)NCCc2c[nH]c3ccccc23)S(C)(=O)=O)c1. The zero-order valence-electron chi connectivity index (χ0n) is 16.1. The first kappa shape index (κ1) is 20.1. The molecule has 2 aromatic carbocycles. The third-order valence-electron chi connectivity index (χ3n) is 4.62. The summed E-state index contributed by atoms with van der Waals surface area (Å²) in [4.78, 5) is 15.5. The number of aromatic nitrogens is 1. The summed E-state index contributed by atoms with van der Waals surface area (Å²) < 4.78 is 25.4. The molecular formula is C21H25N3O3S. The Labute approximate surface area is 165 Å². The minimum atomic E-state index is -3.50. The molecule has 28 heavy (non-hydrogen) atoms. The number of para-hydroxylation sites is 1. The molecule has 0 unspecified atom stereocenters. The molecule has 3 rings (SSSR count). The van der Waals surface area contributed by atoms with Crippen LogP contribution in [0.5, 0.6) is 0 Å². The highest BCUT2D eigenvalue weighted by molar-refractivity contribution is 7.88.